The molecule has 5 heteroatoms. The second-order valence-corrected chi connectivity index (χ2v) is 6.78. The predicted octanol–water partition coefficient (Wildman–Crippen LogP) is 3.32. The summed E-state index contributed by atoms with van der Waals surface area (Å²) >= 11 is 6.05. The third-order valence-corrected chi connectivity index (χ3v) is 5.05. The number of rotatable bonds is 2. The Morgan fingerprint density at radius 1 is 0.926 bits per heavy atom. The molecule has 3 heterocycles. The number of aromatic hydroxyl groups is 1. The fourth-order valence-electron chi connectivity index (χ4n) is 3.62. The number of halogens is 1. The minimum absolute atomic E-state index is 0.0656. The first kappa shape index (κ1) is 15.9. The summed E-state index contributed by atoms with van der Waals surface area (Å²) in [6, 6.07) is 20.3. The standard InChI is InChI=1S/C22H13ClN2O2/c23-14-10-8-13(9-11-14)20-19(21(26)17-7-3-4-12-25(17)20)18-15-5-1-2-6-16(15)24-22(18)27/h1-12,26H. The smallest absolute Gasteiger partial charge is 0.279 e. The van der Waals surface area contributed by atoms with E-state index in [1.54, 1.807) is 18.2 Å². The van der Waals surface area contributed by atoms with Crippen molar-refractivity contribution in [1.82, 2.24) is 4.40 Å². The fourth-order valence-corrected chi connectivity index (χ4v) is 3.75. The molecular weight excluding hydrogens is 360 g/mol. The summed E-state index contributed by atoms with van der Waals surface area (Å²) in [5.41, 5.74) is 3.11. The maximum atomic E-state index is 12.8. The molecule has 5 rings (SSSR count). The van der Waals surface area contributed by atoms with Crippen LogP contribution in [0.25, 0.3) is 22.3 Å². The monoisotopic (exact) mass is 372 g/mol. The van der Waals surface area contributed by atoms with Gasteiger partial charge in [0.2, 0.25) is 0 Å². The molecule has 2 aromatic carbocycles. The molecule has 1 N–H and O–H groups in total. The van der Waals surface area contributed by atoms with Crippen molar-refractivity contribution in [2.75, 3.05) is 0 Å². The van der Waals surface area contributed by atoms with Crippen LogP contribution < -0.4 is 10.6 Å². The highest BCUT2D eigenvalue weighted by molar-refractivity contribution is 6.30. The Bertz CT molecular complexity index is 1350. The number of hydrogen-bond acceptors (Lipinski definition) is 2. The molecule has 1 amide bonds. The maximum absolute atomic E-state index is 12.8. The summed E-state index contributed by atoms with van der Waals surface area (Å²) < 4.78 is 1.88. The van der Waals surface area contributed by atoms with Crippen LogP contribution in [0.5, 0.6) is 5.75 Å². The van der Waals surface area contributed by atoms with E-state index in [0.29, 0.717) is 27.0 Å². The average molecular weight is 373 g/mol. The number of para-hydroxylation sites is 1. The van der Waals surface area contributed by atoms with Crippen molar-refractivity contribution in [2.45, 2.75) is 0 Å². The molecule has 0 atom stereocenters. The molecule has 27 heavy (non-hydrogen) atoms. The van der Waals surface area contributed by atoms with E-state index in [-0.39, 0.29) is 11.7 Å². The Hall–Kier alpha value is -3.37. The van der Waals surface area contributed by atoms with Gasteiger partial charge in [-0.15, -0.1) is 0 Å². The Morgan fingerprint density at radius 2 is 1.67 bits per heavy atom. The molecule has 0 bridgehead atoms. The summed E-state index contributed by atoms with van der Waals surface area (Å²) in [4.78, 5) is 16.9. The topological polar surface area (TPSA) is 54.1 Å². The third-order valence-electron chi connectivity index (χ3n) is 4.79. The zero-order chi connectivity index (χ0) is 18.5. The van der Waals surface area contributed by atoms with Crippen LogP contribution in [-0.2, 0) is 4.79 Å². The lowest BCUT2D eigenvalue weighted by molar-refractivity contribution is -0.112. The van der Waals surface area contributed by atoms with Gasteiger partial charge in [0.15, 0.2) is 0 Å². The second-order valence-electron chi connectivity index (χ2n) is 6.34. The van der Waals surface area contributed by atoms with Gasteiger partial charge in [0.1, 0.15) is 5.75 Å². The highest BCUT2D eigenvalue weighted by Gasteiger charge is 2.28. The zero-order valence-corrected chi connectivity index (χ0v) is 14.8. The molecule has 1 aliphatic rings. The zero-order valence-electron chi connectivity index (χ0n) is 14.1. The van der Waals surface area contributed by atoms with Crippen LogP contribution in [0.15, 0.2) is 77.9 Å². The molecule has 0 fully saturated rings. The highest BCUT2D eigenvalue weighted by atomic mass is 35.5. The van der Waals surface area contributed by atoms with Crippen LogP contribution in [-0.4, -0.2) is 15.4 Å². The van der Waals surface area contributed by atoms with Crippen molar-refractivity contribution in [3.63, 3.8) is 0 Å². The van der Waals surface area contributed by atoms with E-state index in [4.69, 9.17) is 11.6 Å². The molecule has 0 aliphatic carbocycles. The third kappa shape index (κ3) is 2.31. The number of aromatic nitrogens is 1. The van der Waals surface area contributed by atoms with Crippen LogP contribution in [0.4, 0.5) is 0 Å². The number of hydrogen-bond donors (Lipinski definition) is 1. The average Bonchev–Trinajstić information content (AvgIpc) is 3.16. The Morgan fingerprint density at radius 3 is 2.48 bits per heavy atom. The Labute approximate surface area is 159 Å². The van der Waals surface area contributed by atoms with Crippen LogP contribution in [0.2, 0.25) is 5.02 Å². The predicted molar refractivity (Wildman–Crippen MR) is 104 cm³/mol. The number of carbonyl (C=O) groups excluding carboxylic acids is 1. The number of carbonyl (C=O) groups is 1. The SMILES string of the molecule is O=C1N=c2ccccc2=C1c1c(O)c2ccccn2c1-c1ccc(Cl)cc1. The quantitative estimate of drug-likeness (QED) is 0.587. The fraction of sp³-hybridized carbons (Fsp3) is 0. The lowest BCUT2D eigenvalue weighted by Crippen LogP contribution is -2.22. The van der Waals surface area contributed by atoms with Gasteiger partial charge in [-0.05, 0) is 35.9 Å². The molecule has 4 aromatic rings. The van der Waals surface area contributed by atoms with Crippen molar-refractivity contribution in [1.29, 1.82) is 0 Å². The van der Waals surface area contributed by atoms with Crippen molar-refractivity contribution in [2.24, 2.45) is 4.99 Å². The normalized spacial score (nSPS) is 13.1. The van der Waals surface area contributed by atoms with Gasteiger partial charge < -0.3 is 9.51 Å². The van der Waals surface area contributed by atoms with Gasteiger partial charge in [-0.2, -0.15) is 0 Å². The molecular formula is C22H13ClN2O2. The van der Waals surface area contributed by atoms with Crippen LogP contribution in [0.3, 0.4) is 0 Å². The van der Waals surface area contributed by atoms with Gasteiger partial charge in [-0.25, -0.2) is 4.99 Å². The maximum Gasteiger partial charge on any atom is 0.279 e. The molecule has 0 saturated heterocycles. The van der Waals surface area contributed by atoms with E-state index in [1.165, 1.54) is 0 Å². The molecule has 1 aliphatic heterocycles. The first-order valence-corrected chi connectivity index (χ1v) is 8.83. The lowest BCUT2D eigenvalue weighted by atomic mass is 9.99. The summed E-state index contributed by atoms with van der Waals surface area (Å²) in [6.07, 6.45) is 1.87. The van der Waals surface area contributed by atoms with Gasteiger partial charge in [0, 0.05) is 16.4 Å². The number of nitrogens with zero attached hydrogens (tertiary/aromatic N) is 2. The van der Waals surface area contributed by atoms with Crippen LogP contribution in [0, 0.1) is 0 Å². The molecule has 0 radical (unpaired) electrons. The van der Waals surface area contributed by atoms with Crippen molar-refractivity contribution < 1.29 is 9.90 Å². The van der Waals surface area contributed by atoms with E-state index < -0.39 is 0 Å². The molecule has 130 valence electrons. The molecule has 4 nitrogen and oxygen atoms in total. The molecule has 2 aromatic heterocycles. The van der Waals surface area contributed by atoms with E-state index in [9.17, 15) is 9.90 Å². The van der Waals surface area contributed by atoms with Crippen LogP contribution >= 0.6 is 11.6 Å². The summed E-state index contributed by atoms with van der Waals surface area (Å²) in [6.45, 7) is 0. The number of benzene rings is 2. The van der Waals surface area contributed by atoms with Gasteiger partial charge in [0.05, 0.1) is 27.7 Å². The van der Waals surface area contributed by atoms with Gasteiger partial charge in [-0.3, -0.25) is 4.79 Å². The number of amides is 1. The first-order valence-electron chi connectivity index (χ1n) is 8.46. The second kappa shape index (κ2) is 5.83. The van der Waals surface area contributed by atoms with Crippen molar-refractivity contribution in [3.8, 4) is 17.0 Å². The summed E-state index contributed by atoms with van der Waals surface area (Å²) in [7, 11) is 0. The van der Waals surface area contributed by atoms with Crippen LogP contribution in [0.1, 0.15) is 5.56 Å². The van der Waals surface area contributed by atoms with E-state index >= 15 is 0 Å². The first-order chi connectivity index (χ1) is 13.1. The minimum Gasteiger partial charge on any atom is -0.505 e. The van der Waals surface area contributed by atoms with Crippen molar-refractivity contribution in [3.05, 3.63) is 94.1 Å². The highest BCUT2D eigenvalue weighted by Crippen LogP contribution is 2.40. The largest absolute Gasteiger partial charge is 0.505 e. The number of pyridine rings is 1. The summed E-state index contributed by atoms with van der Waals surface area (Å²) in [5, 5.41) is 13.0. The van der Waals surface area contributed by atoms with E-state index in [2.05, 4.69) is 4.99 Å². The van der Waals surface area contributed by atoms with Gasteiger partial charge in [0.25, 0.3) is 5.91 Å². The Balaban J connectivity index is 1.96. The number of fused-ring (bicyclic) bond motifs is 2. The van der Waals surface area contributed by atoms with Gasteiger partial charge >= 0.3 is 0 Å². The molecule has 0 spiro atoms. The van der Waals surface area contributed by atoms with E-state index in [1.807, 2.05) is 59.1 Å². The minimum atomic E-state index is -0.349. The van der Waals surface area contributed by atoms with Gasteiger partial charge in [-0.1, -0.05) is 48.0 Å². The Kier molecular flexibility index (Phi) is 3.42. The summed E-state index contributed by atoms with van der Waals surface area (Å²) in [5.74, 6) is -0.284. The molecule has 0 saturated carbocycles. The van der Waals surface area contributed by atoms with E-state index in [0.717, 1.165) is 16.5 Å². The lowest BCUT2D eigenvalue weighted by Gasteiger charge is -2.07. The van der Waals surface area contributed by atoms with Crippen molar-refractivity contribution >= 4 is 28.6 Å². The molecule has 0 unspecified atom stereocenters.